The van der Waals surface area contributed by atoms with Crippen molar-refractivity contribution < 1.29 is 14.8 Å². The molecule has 1 heterocycles. The SMILES string of the molecule is CN(CC1CC(O)C1)c1ncc([N+](=O)[O-])cc1C(N)=O. The summed E-state index contributed by atoms with van der Waals surface area (Å²) < 4.78 is 0. The fourth-order valence-electron chi connectivity index (χ4n) is 2.36. The lowest BCUT2D eigenvalue weighted by Crippen LogP contribution is -2.38. The van der Waals surface area contributed by atoms with Gasteiger partial charge in [0.15, 0.2) is 0 Å². The molecule has 1 fully saturated rings. The second kappa shape index (κ2) is 5.41. The predicted octanol–water partition coefficient (Wildman–Crippen LogP) is 0.296. The van der Waals surface area contributed by atoms with Gasteiger partial charge < -0.3 is 15.7 Å². The summed E-state index contributed by atoms with van der Waals surface area (Å²) in [6.07, 6.45) is 2.27. The number of primary amides is 1. The highest BCUT2D eigenvalue weighted by Gasteiger charge is 2.29. The molecule has 0 unspecified atom stereocenters. The number of nitrogens with two attached hydrogens (primary N) is 1. The van der Waals surface area contributed by atoms with Gasteiger partial charge in [0.2, 0.25) is 0 Å². The smallest absolute Gasteiger partial charge is 0.288 e. The van der Waals surface area contributed by atoms with E-state index in [0.717, 1.165) is 12.3 Å². The normalized spacial score (nSPS) is 21.1. The first-order chi connectivity index (χ1) is 9.38. The molecular formula is C12H16N4O4. The minimum absolute atomic E-state index is 0.0292. The number of carbonyl (C=O) groups is 1. The number of anilines is 1. The number of nitro groups is 1. The number of hydrogen-bond acceptors (Lipinski definition) is 6. The van der Waals surface area contributed by atoms with E-state index in [1.165, 1.54) is 0 Å². The Morgan fingerprint density at radius 2 is 2.30 bits per heavy atom. The molecule has 1 saturated carbocycles. The highest BCUT2D eigenvalue weighted by atomic mass is 16.6. The number of pyridine rings is 1. The van der Waals surface area contributed by atoms with Crippen LogP contribution in [0.25, 0.3) is 0 Å². The predicted molar refractivity (Wildman–Crippen MR) is 71.4 cm³/mol. The summed E-state index contributed by atoms with van der Waals surface area (Å²) in [4.78, 5) is 27.2. The first kappa shape index (κ1) is 14.2. The largest absolute Gasteiger partial charge is 0.393 e. The maximum Gasteiger partial charge on any atom is 0.288 e. The Kier molecular flexibility index (Phi) is 3.84. The molecule has 108 valence electrons. The number of rotatable bonds is 5. The van der Waals surface area contributed by atoms with Gasteiger partial charge in [0.25, 0.3) is 11.6 Å². The first-order valence-electron chi connectivity index (χ1n) is 6.22. The van der Waals surface area contributed by atoms with Gasteiger partial charge in [-0.2, -0.15) is 0 Å². The van der Waals surface area contributed by atoms with E-state index in [1.807, 2.05) is 0 Å². The van der Waals surface area contributed by atoms with Crippen molar-refractivity contribution in [2.24, 2.45) is 11.7 Å². The van der Waals surface area contributed by atoms with E-state index in [0.29, 0.717) is 31.1 Å². The maximum absolute atomic E-state index is 11.4. The van der Waals surface area contributed by atoms with Crippen LogP contribution in [0.4, 0.5) is 11.5 Å². The molecule has 1 aliphatic carbocycles. The van der Waals surface area contributed by atoms with Crippen LogP contribution in [0.1, 0.15) is 23.2 Å². The number of amides is 1. The molecule has 0 atom stereocenters. The van der Waals surface area contributed by atoms with Gasteiger partial charge in [-0.25, -0.2) is 4.98 Å². The highest BCUT2D eigenvalue weighted by molar-refractivity contribution is 5.98. The van der Waals surface area contributed by atoms with Crippen LogP contribution in [-0.4, -0.2) is 40.6 Å². The quantitative estimate of drug-likeness (QED) is 0.590. The third-order valence-corrected chi connectivity index (χ3v) is 3.43. The van der Waals surface area contributed by atoms with Crippen molar-refractivity contribution in [2.75, 3.05) is 18.5 Å². The molecule has 0 bridgehead atoms. The highest BCUT2D eigenvalue weighted by Crippen LogP contribution is 2.30. The van der Waals surface area contributed by atoms with Crippen LogP contribution in [0.15, 0.2) is 12.3 Å². The molecule has 1 aromatic rings. The number of aliphatic hydroxyl groups excluding tert-OH is 1. The van der Waals surface area contributed by atoms with Gasteiger partial charge in [0.05, 0.1) is 16.6 Å². The van der Waals surface area contributed by atoms with Crippen LogP contribution >= 0.6 is 0 Å². The summed E-state index contributed by atoms with van der Waals surface area (Å²) in [6.45, 7) is 0.613. The van der Waals surface area contributed by atoms with Gasteiger partial charge in [0, 0.05) is 19.7 Å². The first-order valence-corrected chi connectivity index (χ1v) is 6.22. The van der Waals surface area contributed by atoms with Crippen molar-refractivity contribution in [1.29, 1.82) is 0 Å². The van der Waals surface area contributed by atoms with E-state index in [-0.39, 0.29) is 17.4 Å². The van der Waals surface area contributed by atoms with Gasteiger partial charge in [0.1, 0.15) is 12.0 Å². The standard InChI is InChI=1S/C12H16N4O4/c1-15(6-7-2-9(17)3-7)12-10(11(13)18)4-8(5-14-12)16(19)20/h4-5,7,9,17H,2-3,6H2,1H3,(H2,13,18). The summed E-state index contributed by atoms with van der Waals surface area (Å²) in [5.41, 5.74) is 5.01. The van der Waals surface area contributed by atoms with Crippen molar-refractivity contribution in [3.05, 3.63) is 27.9 Å². The Morgan fingerprint density at radius 1 is 1.65 bits per heavy atom. The summed E-state index contributed by atoms with van der Waals surface area (Å²) in [7, 11) is 1.74. The van der Waals surface area contributed by atoms with Crippen molar-refractivity contribution >= 4 is 17.4 Å². The molecule has 8 heteroatoms. The summed E-state index contributed by atoms with van der Waals surface area (Å²) in [5, 5.41) is 20.0. The molecule has 1 amide bonds. The van der Waals surface area contributed by atoms with Crippen molar-refractivity contribution in [2.45, 2.75) is 18.9 Å². The number of aromatic nitrogens is 1. The van der Waals surface area contributed by atoms with Crippen molar-refractivity contribution in [3.8, 4) is 0 Å². The van der Waals surface area contributed by atoms with Crippen LogP contribution in [0.3, 0.4) is 0 Å². The minimum atomic E-state index is -0.753. The zero-order valence-electron chi connectivity index (χ0n) is 11.0. The number of aliphatic hydroxyl groups is 1. The molecule has 0 aromatic carbocycles. The average molecular weight is 280 g/mol. The third-order valence-electron chi connectivity index (χ3n) is 3.43. The van der Waals surface area contributed by atoms with Crippen LogP contribution in [0.2, 0.25) is 0 Å². The lowest BCUT2D eigenvalue weighted by molar-refractivity contribution is -0.385. The molecule has 20 heavy (non-hydrogen) atoms. The van der Waals surface area contributed by atoms with E-state index >= 15 is 0 Å². The molecule has 1 aliphatic rings. The van der Waals surface area contributed by atoms with E-state index < -0.39 is 10.8 Å². The fourth-order valence-corrected chi connectivity index (χ4v) is 2.36. The molecule has 0 spiro atoms. The molecule has 1 aromatic heterocycles. The molecule has 0 saturated heterocycles. The van der Waals surface area contributed by atoms with E-state index in [2.05, 4.69) is 4.98 Å². The fraction of sp³-hybridized carbons (Fsp3) is 0.500. The topological polar surface area (TPSA) is 123 Å². The minimum Gasteiger partial charge on any atom is -0.393 e. The van der Waals surface area contributed by atoms with Crippen molar-refractivity contribution in [3.63, 3.8) is 0 Å². The van der Waals surface area contributed by atoms with Gasteiger partial charge in [-0.05, 0) is 18.8 Å². The maximum atomic E-state index is 11.4. The molecule has 3 N–H and O–H groups in total. The van der Waals surface area contributed by atoms with Crippen LogP contribution in [0, 0.1) is 16.0 Å². The van der Waals surface area contributed by atoms with E-state index in [4.69, 9.17) is 5.73 Å². The monoisotopic (exact) mass is 280 g/mol. The number of nitrogens with zero attached hydrogens (tertiary/aromatic N) is 3. The molecule has 0 aliphatic heterocycles. The number of carbonyl (C=O) groups excluding carboxylic acids is 1. The van der Waals surface area contributed by atoms with Gasteiger partial charge in [-0.15, -0.1) is 0 Å². The number of hydrogen-bond donors (Lipinski definition) is 2. The van der Waals surface area contributed by atoms with Crippen LogP contribution < -0.4 is 10.6 Å². The van der Waals surface area contributed by atoms with Gasteiger partial charge in [-0.1, -0.05) is 0 Å². The van der Waals surface area contributed by atoms with Gasteiger partial charge in [-0.3, -0.25) is 14.9 Å². The lowest BCUT2D eigenvalue weighted by Gasteiger charge is -2.35. The van der Waals surface area contributed by atoms with Gasteiger partial charge >= 0.3 is 0 Å². The Morgan fingerprint density at radius 3 is 2.80 bits per heavy atom. The van der Waals surface area contributed by atoms with E-state index in [9.17, 15) is 20.0 Å². The summed E-state index contributed by atoms with van der Waals surface area (Å²) >= 11 is 0. The molecule has 0 radical (unpaired) electrons. The van der Waals surface area contributed by atoms with Crippen LogP contribution in [-0.2, 0) is 0 Å². The Bertz CT molecular complexity index is 542. The average Bonchev–Trinajstić information content (AvgIpc) is 2.35. The zero-order valence-corrected chi connectivity index (χ0v) is 11.0. The Hall–Kier alpha value is -2.22. The van der Waals surface area contributed by atoms with Crippen molar-refractivity contribution in [1.82, 2.24) is 4.98 Å². The second-order valence-corrected chi connectivity index (χ2v) is 5.06. The Balaban J connectivity index is 2.21. The third kappa shape index (κ3) is 2.85. The molecular weight excluding hydrogens is 264 g/mol. The second-order valence-electron chi connectivity index (χ2n) is 5.06. The lowest BCUT2D eigenvalue weighted by atomic mass is 9.82. The zero-order chi connectivity index (χ0) is 14.9. The Labute approximate surface area is 115 Å². The summed E-state index contributed by atoms with van der Waals surface area (Å²) in [6, 6.07) is 1.14. The molecule has 2 rings (SSSR count). The van der Waals surface area contributed by atoms with Crippen LogP contribution in [0.5, 0.6) is 0 Å². The molecule has 8 nitrogen and oxygen atoms in total. The summed E-state index contributed by atoms with van der Waals surface area (Å²) in [5.74, 6) is -0.103. The van der Waals surface area contributed by atoms with E-state index in [1.54, 1.807) is 11.9 Å².